The number of nitrogens with zero attached hydrogens (tertiary/aromatic N) is 5. The number of nitrogens with one attached hydrogen (secondary N) is 1. The number of aryl methyl sites for hydroxylation is 1. The average Bonchev–Trinajstić information content (AvgIpc) is 3.41. The molecule has 5 rings (SSSR count). The van der Waals surface area contributed by atoms with Crippen LogP contribution in [0.1, 0.15) is 16.8 Å². The maximum absolute atomic E-state index is 6.08. The van der Waals surface area contributed by atoms with Crippen LogP contribution in [0.4, 0.5) is 11.6 Å². The van der Waals surface area contributed by atoms with Crippen molar-refractivity contribution in [2.75, 3.05) is 25.1 Å². The van der Waals surface area contributed by atoms with E-state index in [1.165, 1.54) is 0 Å². The number of anilines is 2. The number of benzene rings is 1. The van der Waals surface area contributed by atoms with E-state index in [2.05, 4.69) is 20.3 Å². The fraction of sp³-hybridized carbons (Fsp3) is 0.259. The first-order chi connectivity index (χ1) is 17.7. The maximum Gasteiger partial charge on any atom is 0.227 e. The van der Waals surface area contributed by atoms with E-state index in [0.717, 1.165) is 39.5 Å². The first-order valence-electron chi connectivity index (χ1n) is 11.8. The van der Waals surface area contributed by atoms with Crippen molar-refractivity contribution >= 4 is 11.6 Å². The van der Waals surface area contributed by atoms with Crippen molar-refractivity contribution < 1.29 is 14.2 Å². The summed E-state index contributed by atoms with van der Waals surface area (Å²) in [6, 6.07) is 9.87. The number of fused-ring (bicyclic) bond motifs is 7. The van der Waals surface area contributed by atoms with E-state index < -0.39 is 0 Å². The molecule has 4 heterocycles. The van der Waals surface area contributed by atoms with E-state index >= 15 is 0 Å². The Hall–Kier alpha value is -4.08. The highest BCUT2D eigenvalue weighted by molar-refractivity contribution is 5.65. The van der Waals surface area contributed by atoms with Crippen LogP contribution in [0.3, 0.4) is 0 Å². The van der Waals surface area contributed by atoms with Gasteiger partial charge in [0.05, 0.1) is 50.7 Å². The summed E-state index contributed by atoms with van der Waals surface area (Å²) in [5.74, 6) is 1.28. The Morgan fingerprint density at radius 2 is 1.92 bits per heavy atom. The molecule has 0 fully saturated rings. The molecule has 0 atom stereocenters. The molecule has 0 aliphatic carbocycles. The minimum atomic E-state index is 0.398. The van der Waals surface area contributed by atoms with Crippen LogP contribution >= 0.6 is 0 Å². The third-order valence-electron chi connectivity index (χ3n) is 5.65. The molecule has 36 heavy (non-hydrogen) atoms. The fourth-order valence-corrected chi connectivity index (χ4v) is 3.82. The number of ether oxygens (including phenoxy) is 3. The number of pyridine rings is 1. The van der Waals surface area contributed by atoms with Gasteiger partial charge in [0.25, 0.3) is 0 Å². The van der Waals surface area contributed by atoms with Gasteiger partial charge in [0, 0.05) is 41.6 Å². The third kappa shape index (κ3) is 6.12. The van der Waals surface area contributed by atoms with Gasteiger partial charge >= 0.3 is 0 Å². The highest BCUT2D eigenvalue weighted by Gasteiger charge is 2.11. The van der Waals surface area contributed by atoms with Crippen LogP contribution in [0.5, 0.6) is 5.75 Å². The molecular formula is C27H28N6O3. The van der Waals surface area contributed by atoms with E-state index in [9.17, 15) is 0 Å². The molecule has 0 radical (unpaired) electrons. The van der Waals surface area contributed by atoms with Gasteiger partial charge in [-0.3, -0.25) is 4.98 Å². The quantitative estimate of drug-likeness (QED) is 0.424. The minimum Gasteiger partial charge on any atom is -0.491 e. The summed E-state index contributed by atoms with van der Waals surface area (Å²) in [6.45, 7) is 4.99. The third-order valence-corrected chi connectivity index (χ3v) is 5.65. The highest BCUT2D eigenvalue weighted by atomic mass is 16.5. The molecule has 6 bridgehead atoms. The second-order valence-corrected chi connectivity index (χ2v) is 8.36. The largest absolute Gasteiger partial charge is 0.491 e. The van der Waals surface area contributed by atoms with Crippen LogP contribution in [0.2, 0.25) is 0 Å². The average molecular weight is 485 g/mol. The summed E-state index contributed by atoms with van der Waals surface area (Å²) in [6.07, 6.45) is 13.0. The van der Waals surface area contributed by atoms with Gasteiger partial charge in [-0.15, -0.1) is 0 Å². The van der Waals surface area contributed by atoms with Gasteiger partial charge in [0.15, 0.2) is 0 Å². The van der Waals surface area contributed by atoms with Gasteiger partial charge < -0.3 is 24.1 Å². The van der Waals surface area contributed by atoms with Crippen molar-refractivity contribution in [3.8, 4) is 17.0 Å². The maximum atomic E-state index is 6.08. The van der Waals surface area contributed by atoms with Gasteiger partial charge in [-0.2, -0.15) is 0 Å². The Balaban J connectivity index is 1.41. The summed E-state index contributed by atoms with van der Waals surface area (Å²) in [4.78, 5) is 17.8. The zero-order chi connectivity index (χ0) is 24.6. The van der Waals surface area contributed by atoms with Gasteiger partial charge in [-0.1, -0.05) is 12.2 Å². The van der Waals surface area contributed by atoms with Crippen LogP contribution < -0.4 is 10.1 Å². The summed E-state index contributed by atoms with van der Waals surface area (Å²) in [7, 11) is 0. The summed E-state index contributed by atoms with van der Waals surface area (Å²) < 4.78 is 19.7. The molecule has 184 valence electrons. The van der Waals surface area contributed by atoms with Crippen LogP contribution in [0.15, 0.2) is 73.6 Å². The molecule has 0 unspecified atom stereocenters. The fourth-order valence-electron chi connectivity index (χ4n) is 3.82. The molecule has 0 amide bonds. The number of rotatable bonds is 4. The minimum absolute atomic E-state index is 0.398. The summed E-state index contributed by atoms with van der Waals surface area (Å²) in [5, 5.41) is 3.33. The van der Waals surface area contributed by atoms with Gasteiger partial charge in [-0.05, 0) is 42.8 Å². The second kappa shape index (κ2) is 11.6. The zero-order valence-corrected chi connectivity index (χ0v) is 20.1. The van der Waals surface area contributed by atoms with E-state index in [0.29, 0.717) is 45.5 Å². The molecular weight excluding hydrogens is 456 g/mol. The predicted octanol–water partition coefficient (Wildman–Crippen LogP) is 4.47. The van der Waals surface area contributed by atoms with E-state index in [-0.39, 0.29) is 0 Å². The standard InChI is InChI=1S/C27H28N6O3/c1-20-16-30-27-31-23-4-5-25(36-13-10-33-9-8-28-19-33)22(15-23)17-34-11-2-3-12-35-18-24-14-21(6-7-29-24)26(20)32-27/h2-9,14-16,19H,10-13,17-18H2,1H3,(H,30,31,32)/b3-2+. The van der Waals surface area contributed by atoms with Gasteiger partial charge in [-0.25, -0.2) is 15.0 Å². The lowest BCUT2D eigenvalue weighted by molar-refractivity contribution is 0.137. The Kier molecular flexibility index (Phi) is 7.60. The Labute approximate surface area is 209 Å². The monoisotopic (exact) mass is 484 g/mol. The first-order valence-corrected chi connectivity index (χ1v) is 11.8. The van der Waals surface area contributed by atoms with Crippen molar-refractivity contribution in [2.45, 2.75) is 26.7 Å². The number of hydrogen-bond acceptors (Lipinski definition) is 8. The normalized spacial score (nSPS) is 14.8. The molecule has 1 aliphatic heterocycles. The van der Waals surface area contributed by atoms with E-state index in [4.69, 9.17) is 19.2 Å². The molecule has 0 saturated heterocycles. The Bertz CT molecular complexity index is 1320. The number of imidazole rings is 1. The molecule has 3 aromatic heterocycles. The zero-order valence-electron chi connectivity index (χ0n) is 20.1. The molecule has 1 aliphatic rings. The van der Waals surface area contributed by atoms with Crippen molar-refractivity contribution in [1.82, 2.24) is 24.5 Å². The van der Waals surface area contributed by atoms with Crippen molar-refractivity contribution in [2.24, 2.45) is 0 Å². The van der Waals surface area contributed by atoms with Crippen LogP contribution in [-0.4, -0.2) is 44.3 Å². The van der Waals surface area contributed by atoms with Crippen molar-refractivity contribution in [3.05, 3.63) is 90.4 Å². The van der Waals surface area contributed by atoms with Gasteiger partial charge in [0.1, 0.15) is 12.4 Å². The number of aromatic nitrogens is 5. The van der Waals surface area contributed by atoms with Crippen LogP contribution in [-0.2, 0) is 29.2 Å². The molecule has 1 aromatic carbocycles. The summed E-state index contributed by atoms with van der Waals surface area (Å²) >= 11 is 0. The Morgan fingerprint density at radius 3 is 2.78 bits per heavy atom. The summed E-state index contributed by atoms with van der Waals surface area (Å²) in [5.41, 5.74) is 5.43. The van der Waals surface area contributed by atoms with Crippen molar-refractivity contribution in [3.63, 3.8) is 0 Å². The lowest BCUT2D eigenvalue weighted by Crippen LogP contribution is -2.09. The molecule has 9 heteroatoms. The number of hydrogen-bond donors (Lipinski definition) is 1. The Morgan fingerprint density at radius 1 is 1.03 bits per heavy atom. The van der Waals surface area contributed by atoms with E-state index in [1.54, 1.807) is 18.7 Å². The first kappa shape index (κ1) is 23.7. The van der Waals surface area contributed by atoms with Crippen LogP contribution in [0, 0.1) is 6.92 Å². The SMILES string of the molecule is Cc1cnc2nc1-c1ccnc(c1)COC/C=C/COCc1cc(ccc1OCCn1ccnc1)N2. The lowest BCUT2D eigenvalue weighted by Gasteiger charge is -2.15. The smallest absolute Gasteiger partial charge is 0.227 e. The second-order valence-electron chi connectivity index (χ2n) is 8.36. The highest BCUT2D eigenvalue weighted by Crippen LogP contribution is 2.27. The van der Waals surface area contributed by atoms with Gasteiger partial charge in [0.2, 0.25) is 5.95 Å². The topological polar surface area (TPSA) is 96.2 Å². The molecule has 0 saturated carbocycles. The van der Waals surface area contributed by atoms with Crippen molar-refractivity contribution in [1.29, 1.82) is 0 Å². The lowest BCUT2D eigenvalue weighted by atomic mass is 10.1. The molecule has 1 N–H and O–H groups in total. The van der Waals surface area contributed by atoms with E-state index in [1.807, 2.05) is 66.4 Å². The molecule has 0 spiro atoms. The molecule has 4 aromatic rings. The molecule has 9 nitrogen and oxygen atoms in total. The van der Waals surface area contributed by atoms with Crippen LogP contribution in [0.25, 0.3) is 11.3 Å². The predicted molar refractivity (Wildman–Crippen MR) is 136 cm³/mol.